The molecule has 0 spiro atoms. The van der Waals surface area contributed by atoms with Crippen LogP contribution in [0.4, 0.5) is 0 Å². The van der Waals surface area contributed by atoms with Crippen molar-refractivity contribution in [2.45, 2.75) is 26.7 Å². The third kappa shape index (κ3) is 3.74. The molecule has 0 unspecified atom stereocenters. The molecule has 1 aliphatic heterocycles. The van der Waals surface area contributed by atoms with E-state index >= 15 is 0 Å². The van der Waals surface area contributed by atoms with Gasteiger partial charge in [0, 0.05) is 0 Å². The zero-order chi connectivity index (χ0) is 13.8. The maximum Gasteiger partial charge on any atom is 0.244 e. The van der Waals surface area contributed by atoms with E-state index in [0.29, 0.717) is 11.6 Å². The molecule has 0 aliphatic carbocycles. The van der Waals surface area contributed by atoms with Crippen molar-refractivity contribution in [3.63, 3.8) is 0 Å². The standard InChI is InChI=1S/C15H17NOS2/c1-4-18-15-16-13(14(17)19-15)9-11-5-7-12(8-6-11)10(2)3/h5-10H,4H2,1-3H3. The fourth-order valence-corrected chi connectivity index (χ4v) is 3.45. The van der Waals surface area contributed by atoms with Crippen LogP contribution in [-0.2, 0) is 4.79 Å². The van der Waals surface area contributed by atoms with Gasteiger partial charge in [-0.1, -0.05) is 56.8 Å². The first-order valence-corrected chi connectivity index (χ1v) is 8.15. The lowest BCUT2D eigenvalue weighted by molar-refractivity contribution is -0.107. The molecule has 100 valence electrons. The predicted octanol–water partition coefficient (Wildman–Crippen LogP) is 4.53. The van der Waals surface area contributed by atoms with Gasteiger partial charge in [0.15, 0.2) is 0 Å². The summed E-state index contributed by atoms with van der Waals surface area (Å²) in [4.78, 5) is 16.2. The van der Waals surface area contributed by atoms with Gasteiger partial charge in [-0.2, -0.15) is 0 Å². The normalized spacial score (nSPS) is 17.4. The van der Waals surface area contributed by atoms with Gasteiger partial charge >= 0.3 is 0 Å². The minimum absolute atomic E-state index is 0.0453. The lowest BCUT2D eigenvalue weighted by Gasteiger charge is -2.04. The zero-order valence-corrected chi connectivity index (χ0v) is 13.0. The number of hydrogen-bond acceptors (Lipinski definition) is 4. The van der Waals surface area contributed by atoms with Gasteiger partial charge in [0.2, 0.25) is 5.12 Å². The van der Waals surface area contributed by atoms with Gasteiger partial charge in [-0.3, -0.25) is 4.79 Å². The number of benzene rings is 1. The Kier molecular flexibility index (Phi) is 4.88. The van der Waals surface area contributed by atoms with Gasteiger partial charge in [-0.25, -0.2) is 4.99 Å². The van der Waals surface area contributed by atoms with Crippen molar-refractivity contribution in [3.05, 3.63) is 41.1 Å². The van der Waals surface area contributed by atoms with Crippen molar-refractivity contribution in [1.29, 1.82) is 0 Å². The molecule has 4 heteroatoms. The van der Waals surface area contributed by atoms with E-state index in [1.165, 1.54) is 17.3 Å². The highest BCUT2D eigenvalue weighted by atomic mass is 32.2. The van der Waals surface area contributed by atoms with Crippen LogP contribution in [0.15, 0.2) is 35.0 Å². The lowest BCUT2D eigenvalue weighted by atomic mass is 10.0. The summed E-state index contributed by atoms with van der Waals surface area (Å²) < 4.78 is 0.859. The van der Waals surface area contributed by atoms with Crippen LogP contribution in [0.25, 0.3) is 6.08 Å². The largest absolute Gasteiger partial charge is 0.279 e. The smallest absolute Gasteiger partial charge is 0.244 e. The van der Waals surface area contributed by atoms with E-state index in [-0.39, 0.29) is 5.12 Å². The minimum atomic E-state index is 0.0453. The quantitative estimate of drug-likeness (QED) is 0.766. The van der Waals surface area contributed by atoms with Crippen molar-refractivity contribution >= 4 is 39.1 Å². The van der Waals surface area contributed by atoms with Crippen molar-refractivity contribution in [2.24, 2.45) is 4.99 Å². The highest BCUT2D eigenvalue weighted by Gasteiger charge is 2.21. The number of aliphatic imine (C=N–C) groups is 1. The van der Waals surface area contributed by atoms with E-state index < -0.39 is 0 Å². The first-order chi connectivity index (χ1) is 9.10. The van der Waals surface area contributed by atoms with Crippen LogP contribution in [-0.4, -0.2) is 15.2 Å². The van der Waals surface area contributed by atoms with E-state index in [9.17, 15) is 4.79 Å². The molecule has 0 saturated heterocycles. The molecule has 1 aliphatic rings. The highest BCUT2D eigenvalue weighted by Crippen LogP contribution is 2.30. The molecule has 2 nitrogen and oxygen atoms in total. The molecule has 0 amide bonds. The first kappa shape index (κ1) is 14.4. The number of nitrogens with zero attached hydrogens (tertiary/aromatic N) is 1. The maximum absolute atomic E-state index is 11.8. The molecule has 19 heavy (non-hydrogen) atoms. The third-order valence-electron chi connectivity index (χ3n) is 2.78. The molecule has 0 bridgehead atoms. The fourth-order valence-electron chi connectivity index (χ4n) is 1.71. The number of carbonyl (C=O) groups is 1. The summed E-state index contributed by atoms with van der Waals surface area (Å²) in [5.41, 5.74) is 2.89. The number of thioether (sulfide) groups is 2. The number of rotatable bonds is 3. The van der Waals surface area contributed by atoms with E-state index in [1.807, 2.05) is 18.2 Å². The van der Waals surface area contributed by atoms with E-state index in [4.69, 9.17) is 0 Å². The molecule has 1 aromatic rings. The van der Waals surface area contributed by atoms with Gasteiger partial charge in [0.05, 0.1) is 0 Å². The van der Waals surface area contributed by atoms with Gasteiger partial charge in [-0.05, 0) is 40.6 Å². The summed E-state index contributed by atoms with van der Waals surface area (Å²) in [7, 11) is 0. The Hall–Kier alpha value is -1.000. The van der Waals surface area contributed by atoms with Gasteiger partial charge in [0.1, 0.15) is 10.1 Å². The predicted molar refractivity (Wildman–Crippen MR) is 86.7 cm³/mol. The first-order valence-electron chi connectivity index (χ1n) is 6.35. The Labute approximate surface area is 122 Å². The second-order valence-electron chi connectivity index (χ2n) is 4.55. The van der Waals surface area contributed by atoms with Crippen LogP contribution >= 0.6 is 23.5 Å². The molecule has 0 fully saturated rings. The Bertz CT molecular complexity index is 530. The molecule has 2 rings (SSSR count). The molecular weight excluding hydrogens is 274 g/mol. The lowest BCUT2D eigenvalue weighted by Crippen LogP contribution is -1.89. The summed E-state index contributed by atoms with van der Waals surface area (Å²) >= 11 is 2.85. The second-order valence-corrected chi connectivity index (χ2v) is 7.02. The Morgan fingerprint density at radius 2 is 2.00 bits per heavy atom. The topological polar surface area (TPSA) is 29.4 Å². The van der Waals surface area contributed by atoms with Crippen molar-refractivity contribution in [3.8, 4) is 0 Å². The Morgan fingerprint density at radius 3 is 2.58 bits per heavy atom. The second kappa shape index (κ2) is 6.44. The molecule has 0 aromatic heterocycles. The Morgan fingerprint density at radius 1 is 1.32 bits per heavy atom. The molecule has 0 atom stereocenters. The molecule has 0 radical (unpaired) electrons. The molecular formula is C15H17NOS2. The van der Waals surface area contributed by atoms with Crippen LogP contribution < -0.4 is 0 Å². The van der Waals surface area contributed by atoms with E-state index in [2.05, 4.69) is 37.9 Å². The summed E-state index contributed by atoms with van der Waals surface area (Å²) in [6.45, 7) is 6.40. The Balaban J connectivity index is 2.19. The number of carbonyl (C=O) groups excluding carboxylic acids is 1. The van der Waals surface area contributed by atoms with Gasteiger partial charge < -0.3 is 0 Å². The van der Waals surface area contributed by atoms with Gasteiger partial charge in [0.25, 0.3) is 0 Å². The van der Waals surface area contributed by atoms with E-state index in [0.717, 1.165) is 15.7 Å². The van der Waals surface area contributed by atoms with Crippen molar-refractivity contribution < 1.29 is 4.79 Å². The summed E-state index contributed by atoms with van der Waals surface area (Å²) in [6.07, 6.45) is 1.86. The van der Waals surface area contributed by atoms with Crippen molar-refractivity contribution in [1.82, 2.24) is 0 Å². The van der Waals surface area contributed by atoms with E-state index in [1.54, 1.807) is 11.8 Å². The molecule has 0 N–H and O–H groups in total. The molecule has 0 saturated carbocycles. The van der Waals surface area contributed by atoms with Crippen molar-refractivity contribution in [2.75, 3.05) is 5.75 Å². The van der Waals surface area contributed by atoms with Crippen LogP contribution in [0.5, 0.6) is 0 Å². The van der Waals surface area contributed by atoms with Crippen LogP contribution in [0, 0.1) is 0 Å². The summed E-state index contributed by atoms with van der Waals surface area (Å²) in [5, 5.41) is 0.0453. The maximum atomic E-state index is 11.8. The monoisotopic (exact) mass is 291 g/mol. The van der Waals surface area contributed by atoms with Crippen LogP contribution in [0.3, 0.4) is 0 Å². The summed E-state index contributed by atoms with van der Waals surface area (Å²) in [6, 6.07) is 8.30. The van der Waals surface area contributed by atoms with Gasteiger partial charge in [-0.15, -0.1) is 0 Å². The SMILES string of the molecule is CCSC1=NC(=Cc2ccc(C(C)C)cc2)C(=O)S1. The fraction of sp³-hybridized carbons (Fsp3) is 0.333. The average Bonchev–Trinajstić information content (AvgIpc) is 2.71. The zero-order valence-electron chi connectivity index (χ0n) is 11.3. The molecule has 1 aromatic carbocycles. The van der Waals surface area contributed by atoms with Crippen LogP contribution in [0.2, 0.25) is 0 Å². The highest BCUT2D eigenvalue weighted by molar-refractivity contribution is 8.45. The summed E-state index contributed by atoms with van der Waals surface area (Å²) in [5.74, 6) is 1.46. The number of hydrogen-bond donors (Lipinski definition) is 0. The third-order valence-corrected chi connectivity index (χ3v) is 4.67. The average molecular weight is 291 g/mol. The molecule has 1 heterocycles. The van der Waals surface area contributed by atoms with Crippen LogP contribution in [0.1, 0.15) is 37.8 Å². The minimum Gasteiger partial charge on any atom is -0.279 e.